The van der Waals surface area contributed by atoms with Crippen molar-refractivity contribution in [1.29, 1.82) is 0 Å². The van der Waals surface area contributed by atoms with Crippen LogP contribution in [0.25, 0.3) is 0 Å². The van der Waals surface area contributed by atoms with Gasteiger partial charge in [0.1, 0.15) is 46.0 Å². The number of nitrogens with zero attached hydrogens (tertiary/aromatic N) is 1. The molecular formula is C54H31B3N2O4S. The molecule has 6 heterocycles. The molecule has 0 bridgehead atoms. The average molecular weight is 836 g/mol. The van der Waals surface area contributed by atoms with Crippen LogP contribution in [0.3, 0.4) is 0 Å². The Labute approximate surface area is 374 Å². The minimum Gasteiger partial charge on any atom is -0.459 e. The third kappa shape index (κ3) is 4.75. The van der Waals surface area contributed by atoms with Crippen LogP contribution < -0.4 is 78.3 Å². The first-order chi connectivity index (χ1) is 31.7. The van der Waals surface area contributed by atoms with Crippen molar-refractivity contribution in [3.05, 3.63) is 182 Å². The van der Waals surface area contributed by atoms with Crippen molar-refractivity contribution < 1.29 is 18.9 Å². The molecule has 1 N–H and O–H groups in total. The van der Waals surface area contributed by atoms with Crippen molar-refractivity contribution in [2.24, 2.45) is 0 Å². The van der Waals surface area contributed by atoms with Crippen molar-refractivity contribution in [2.45, 2.75) is 9.79 Å². The number of ether oxygens (including phenoxy) is 4. The fraction of sp³-hybridized carbons (Fsp3) is 0. The Morgan fingerprint density at radius 1 is 0.344 bits per heavy atom. The maximum absolute atomic E-state index is 7.28. The summed E-state index contributed by atoms with van der Waals surface area (Å²) >= 11 is 1.78. The van der Waals surface area contributed by atoms with Gasteiger partial charge in [-0.2, -0.15) is 0 Å². The van der Waals surface area contributed by atoms with Crippen molar-refractivity contribution in [3.63, 3.8) is 0 Å². The maximum atomic E-state index is 7.28. The van der Waals surface area contributed by atoms with Crippen molar-refractivity contribution in [1.82, 2.24) is 0 Å². The molecule has 0 aromatic heterocycles. The molecule has 9 aromatic rings. The molecule has 6 aliphatic heterocycles. The number of para-hydroxylation sites is 6. The Morgan fingerprint density at radius 3 is 1.33 bits per heavy atom. The minimum atomic E-state index is -0.278. The van der Waals surface area contributed by atoms with Crippen LogP contribution in [0.4, 0.5) is 28.4 Å². The lowest BCUT2D eigenvalue weighted by Crippen LogP contribution is -2.65. The van der Waals surface area contributed by atoms with Gasteiger partial charge in [-0.15, -0.1) is 0 Å². The molecule has 10 heteroatoms. The van der Waals surface area contributed by atoms with Gasteiger partial charge in [-0.25, -0.2) is 0 Å². The molecule has 6 aliphatic rings. The van der Waals surface area contributed by atoms with Crippen LogP contribution in [0.5, 0.6) is 46.0 Å². The Kier molecular flexibility index (Phi) is 7.05. The molecule has 0 saturated heterocycles. The second-order valence-electron chi connectivity index (χ2n) is 17.1. The van der Waals surface area contributed by atoms with Gasteiger partial charge in [0.05, 0.1) is 0 Å². The second-order valence-corrected chi connectivity index (χ2v) is 18.2. The topological polar surface area (TPSA) is 52.2 Å². The van der Waals surface area contributed by atoms with Gasteiger partial charge in [0.2, 0.25) is 0 Å². The fourth-order valence-corrected chi connectivity index (χ4v) is 12.4. The van der Waals surface area contributed by atoms with E-state index in [1.54, 1.807) is 11.8 Å². The highest BCUT2D eigenvalue weighted by atomic mass is 32.2. The van der Waals surface area contributed by atoms with Gasteiger partial charge < -0.3 is 29.2 Å². The van der Waals surface area contributed by atoms with Crippen LogP contribution in [0.15, 0.2) is 192 Å². The Hall–Kier alpha value is -7.68. The van der Waals surface area contributed by atoms with Gasteiger partial charge in [-0.05, 0) is 105 Å². The van der Waals surface area contributed by atoms with E-state index < -0.39 is 0 Å². The molecular weight excluding hydrogens is 805 g/mol. The molecule has 9 aromatic carbocycles. The van der Waals surface area contributed by atoms with Crippen LogP contribution in [-0.2, 0) is 0 Å². The minimum absolute atomic E-state index is 0.0655. The SMILES string of the molecule is c1ccc(N(c2ccccc2)c2cc3c4c(c2)Sc2cc5c6c(c2B4c2c(cc4c7c2Oc2ccccc2B7c2ccccc2O4)N3)Oc2ccccc2B6c2ccccc2O5)cc1. The number of hydrogen-bond acceptors (Lipinski definition) is 7. The molecule has 15 rings (SSSR count). The summed E-state index contributed by atoms with van der Waals surface area (Å²) in [6.45, 7) is -0.417. The van der Waals surface area contributed by atoms with Crippen molar-refractivity contribution in [2.75, 3.05) is 10.2 Å². The standard InChI is InChI=1S/C54H31B3N2O4S/c1-3-15-31(16-4-1)59(32-17-5-2-6-18-32)33-27-38-48-46(28-33)64-47-30-45-51-54(63-43-26-14-10-22-37(43)56(51)35-20-8-12-24-41(35)61-45)52(47)57(48)49-39(58-38)29-44-50-53(49)62-42-25-13-9-21-36(42)55(50)34-19-7-11-23-40(34)60-44/h1-30,58H. The van der Waals surface area contributed by atoms with Gasteiger partial charge >= 0.3 is 0 Å². The summed E-state index contributed by atoms with van der Waals surface area (Å²) < 4.78 is 28.3. The van der Waals surface area contributed by atoms with E-state index in [-0.39, 0.29) is 20.1 Å². The lowest BCUT2D eigenvalue weighted by molar-refractivity contribution is 0.464. The summed E-state index contributed by atoms with van der Waals surface area (Å²) in [6, 6.07) is 64.1. The molecule has 0 amide bonds. The van der Waals surface area contributed by atoms with Crippen LogP contribution in [0, 0.1) is 0 Å². The maximum Gasteiger partial charge on any atom is 0.260 e. The van der Waals surface area contributed by atoms with Gasteiger partial charge in [0, 0.05) is 55.2 Å². The smallest absolute Gasteiger partial charge is 0.260 e. The number of nitrogens with one attached hydrogen (secondary N) is 1. The molecule has 0 radical (unpaired) electrons. The zero-order chi connectivity index (χ0) is 41.6. The lowest BCUT2D eigenvalue weighted by Gasteiger charge is -2.42. The lowest BCUT2D eigenvalue weighted by atomic mass is 9.29. The largest absolute Gasteiger partial charge is 0.459 e. The summed E-state index contributed by atoms with van der Waals surface area (Å²) in [5.41, 5.74) is 15.2. The Bertz CT molecular complexity index is 3270. The monoisotopic (exact) mass is 836 g/mol. The third-order valence-electron chi connectivity index (χ3n) is 13.7. The zero-order valence-corrected chi connectivity index (χ0v) is 34.9. The predicted octanol–water partition coefficient (Wildman–Crippen LogP) is 7.65. The average Bonchev–Trinajstić information content (AvgIpc) is 3.34. The summed E-state index contributed by atoms with van der Waals surface area (Å²) in [4.78, 5) is 4.57. The first-order valence-corrected chi connectivity index (χ1v) is 22.6. The summed E-state index contributed by atoms with van der Waals surface area (Å²) in [7, 11) is 0. The molecule has 296 valence electrons. The molecule has 0 saturated carbocycles. The molecule has 0 aliphatic carbocycles. The summed E-state index contributed by atoms with van der Waals surface area (Å²) in [5.74, 6) is 6.75. The van der Waals surface area contributed by atoms with E-state index in [1.165, 1.54) is 5.46 Å². The summed E-state index contributed by atoms with van der Waals surface area (Å²) in [5, 5.41) is 4.01. The van der Waals surface area contributed by atoms with Crippen molar-refractivity contribution in [3.8, 4) is 46.0 Å². The van der Waals surface area contributed by atoms with Crippen molar-refractivity contribution >= 4 is 110 Å². The quantitative estimate of drug-likeness (QED) is 0.184. The van der Waals surface area contributed by atoms with Gasteiger partial charge in [0.15, 0.2) is 0 Å². The summed E-state index contributed by atoms with van der Waals surface area (Å²) in [6.07, 6.45) is 0. The number of benzene rings is 9. The molecule has 0 unspecified atom stereocenters. The van der Waals surface area contributed by atoms with Crippen LogP contribution in [0.1, 0.15) is 0 Å². The van der Waals surface area contributed by atoms with E-state index in [0.717, 1.165) is 128 Å². The first-order valence-electron chi connectivity index (χ1n) is 21.8. The fourth-order valence-electron chi connectivity index (χ4n) is 11.2. The highest BCUT2D eigenvalue weighted by molar-refractivity contribution is 8.00. The highest BCUT2D eigenvalue weighted by Gasteiger charge is 2.51. The Morgan fingerprint density at radius 2 is 0.781 bits per heavy atom. The van der Waals surface area contributed by atoms with E-state index in [9.17, 15) is 0 Å². The van der Waals surface area contributed by atoms with E-state index in [2.05, 4.69) is 186 Å². The van der Waals surface area contributed by atoms with Crippen LogP contribution in [-0.4, -0.2) is 20.1 Å². The molecule has 0 atom stereocenters. The molecule has 0 fully saturated rings. The molecule has 64 heavy (non-hydrogen) atoms. The van der Waals surface area contributed by atoms with E-state index in [0.29, 0.717) is 0 Å². The van der Waals surface area contributed by atoms with E-state index in [1.807, 2.05) is 6.07 Å². The van der Waals surface area contributed by atoms with Crippen LogP contribution >= 0.6 is 11.8 Å². The zero-order valence-electron chi connectivity index (χ0n) is 34.0. The van der Waals surface area contributed by atoms with Crippen LogP contribution in [0.2, 0.25) is 0 Å². The Balaban J connectivity index is 1.03. The number of rotatable bonds is 3. The van der Waals surface area contributed by atoms with Gasteiger partial charge in [0.25, 0.3) is 20.1 Å². The van der Waals surface area contributed by atoms with E-state index >= 15 is 0 Å². The van der Waals surface area contributed by atoms with E-state index in [4.69, 9.17) is 18.9 Å². The normalized spacial score (nSPS) is 14.1. The highest BCUT2D eigenvalue weighted by Crippen LogP contribution is 2.47. The molecule has 0 spiro atoms. The number of anilines is 5. The molecule has 6 nitrogen and oxygen atoms in total. The third-order valence-corrected chi connectivity index (χ3v) is 14.8. The number of hydrogen-bond donors (Lipinski definition) is 1. The van der Waals surface area contributed by atoms with Gasteiger partial charge in [-0.3, -0.25) is 0 Å². The number of fused-ring (bicyclic) bond motifs is 14. The van der Waals surface area contributed by atoms with Gasteiger partial charge in [-0.1, -0.05) is 121 Å². The predicted molar refractivity (Wildman–Crippen MR) is 261 cm³/mol. The first kappa shape index (κ1) is 34.9. The second kappa shape index (κ2) is 12.9.